The number of hydrogen-bond donors (Lipinski definition) is 2. The summed E-state index contributed by atoms with van der Waals surface area (Å²) in [6, 6.07) is 7.65. The van der Waals surface area contributed by atoms with Crippen LogP contribution < -0.4 is 9.62 Å². The number of phenols is 1. The van der Waals surface area contributed by atoms with Gasteiger partial charge in [-0.05, 0) is 36.4 Å². The van der Waals surface area contributed by atoms with Crippen molar-refractivity contribution in [3.63, 3.8) is 0 Å². The first-order valence-corrected chi connectivity index (χ1v) is 10.6. The minimum atomic E-state index is -3.80. The van der Waals surface area contributed by atoms with Gasteiger partial charge in [0, 0.05) is 5.69 Å². The molecule has 0 aliphatic carbocycles. The normalized spacial score (nSPS) is 17.6. The molecule has 0 unspecified atom stereocenters. The van der Waals surface area contributed by atoms with Crippen molar-refractivity contribution < 1.29 is 32.6 Å². The third-order valence-corrected chi connectivity index (χ3v) is 6.63. The van der Waals surface area contributed by atoms with E-state index in [0.717, 1.165) is 7.11 Å². The van der Waals surface area contributed by atoms with Crippen LogP contribution in [-0.2, 0) is 19.6 Å². The molecule has 0 saturated carbocycles. The number of esters is 1. The number of benzene rings is 2. The van der Waals surface area contributed by atoms with Gasteiger partial charge >= 0.3 is 5.97 Å². The van der Waals surface area contributed by atoms with E-state index in [4.69, 9.17) is 11.6 Å². The molecule has 30 heavy (non-hydrogen) atoms. The third-order valence-electron chi connectivity index (χ3n) is 4.45. The second kappa shape index (κ2) is 7.96. The molecule has 1 heterocycles. The summed E-state index contributed by atoms with van der Waals surface area (Å²) >= 11 is 6.17. The number of carbonyl (C=O) groups excluding carboxylic acids is 3. The number of methoxy groups -OCH3 is 1. The fourth-order valence-electron chi connectivity index (χ4n) is 2.99. The predicted molar refractivity (Wildman–Crippen MR) is 109 cm³/mol. The summed E-state index contributed by atoms with van der Waals surface area (Å²) in [5.41, 5.74) is 0.127. The minimum Gasteiger partial charge on any atom is -0.507 e. The van der Waals surface area contributed by atoms with E-state index in [-0.39, 0.29) is 39.0 Å². The Kier molecular flexibility index (Phi) is 5.73. The summed E-state index contributed by atoms with van der Waals surface area (Å²) in [6.07, 6.45) is 0. The Labute approximate surface area is 177 Å². The maximum absolute atomic E-state index is 12.6. The highest BCUT2D eigenvalue weighted by molar-refractivity contribution is 7.94. The lowest BCUT2D eigenvalue weighted by molar-refractivity contribution is -0.119. The van der Waals surface area contributed by atoms with E-state index >= 15 is 0 Å². The lowest BCUT2D eigenvalue weighted by atomic mass is 10.1. The molecule has 158 valence electrons. The topological polar surface area (TPSA) is 130 Å². The average Bonchev–Trinajstić information content (AvgIpc) is 2.89. The fourth-order valence-corrected chi connectivity index (χ4v) is 5.06. The third kappa shape index (κ3) is 3.96. The Balaban J connectivity index is 1.87. The average molecular weight is 453 g/mol. The van der Waals surface area contributed by atoms with E-state index in [9.17, 15) is 27.9 Å². The Morgan fingerprint density at radius 1 is 1.20 bits per heavy atom. The van der Waals surface area contributed by atoms with Gasteiger partial charge in [-0.1, -0.05) is 18.5 Å². The fraction of sp³-hybridized carbons (Fsp3) is 0.211. The van der Waals surface area contributed by atoms with Gasteiger partial charge in [-0.2, -0.15) is 0 Å². The molecule has 1 fully saturated rings. The van der Waals surface area contributed by atoms with Crippen LogP contribution in [0.1, 0.15) is 27.6 Å². The van der Waals surface area contributed by atoms with Crippen LogP contribution in [0.3, 0.4) is 0 Å². The molecule has 1 aliphatic rings. The molecule has 1 aliphatic heterocycles. The van der Waals surface area contributed by atoms with Gasteiger partial charge in [-0.25, -0.2) is 17.5 Å². The number of hydrogen-bond acceptors (Lipinski definition) is 7. The summed E-state index contributed by atoms with van der Waals surface area (Å²) < 4.78 is 29.7. The van der Waals surface area contributed by atoms with Crippen molar-refractivity contribution in [2.24, 2.45) is 5.92 Å². The van der Waals surface area contributed by atoms with Gasteiger partial charge in [0.2, 0.25) is 15.9 Å². The van der Waals surface area contributed by atoms with E-state index in [1.807, 2.05) is 0 Å². The molecule has 2 N–H and O–H groups in total. The molecule has 3 rings (SSSR count). The van der Waals surface area contributed by atoms with Gasteiger partial charge in [0.15, 0.2) is 0 Å². The molecule has 0 aromatic heterocycles. The van der Waals surface area contributed by atoms with Gasteiger partial charge in [0.25, 0.3) is 5.91 Å². The summed E-state index contributed by atoms with van der Waals surface area (Å²) in [7, 11) is -2.65. The molecule has 2 aromatic carbocycles. The molecule has 2 aromatic rings. The zero-order chi connectivity index (χ0) is 22.2. The number of anilines is 2. The first-order valence-electron chi connectivity index (χ1n) is 8.64. The number of aromatic hydroxyl groups is 1. The summed E-state index contributed by atoms with van der Waals surface area (Å²) in [6.45, 7) is 1.52. The molecule has 1 atom stereocenters. The first-order chi connectivity index (χ1) is 14.0. The number of nitrogens with zero attached hydrogens (tertiary/aromatic N) is 1. The first kappa shape index (κ1) is 21.6. The number of halogens is 1. The molecule has 11 heteroatoms. The number of amides is 2. The Hall–Kier alpha value is -3.11. The zero-order valence-electron chi connectivity index (χ0n) is 15.9. The quantitative estimate of drug-likeness (QED) is 0.538. The second-order valence-corrected chi connectivity index (χ2v) is 8.89. The highest BCUT2D eigenvalue weighted by atomic mass is 35.5. The maximum atomic E-state index is 12.6. The van der Waals surface area contributed by atoms with Crippen LogP contribution in [0, 0.1) is 5.92 Å². The van der Waals surface area contributed by atoms with Crippen LogP contribution in [-0.4, -0.2) is 44.2 Å². The van der Waals surface area contributed by atoms with E-state index in [0.29, 0.717) is 4.31 Å². The monoisotopic (exact) mass is 452 g/mol. The van der Waals surface area contributed by atoms with Crippen molar-refractivity contribution in [3.05, 3.63) is 52.5 Å². The molecule has 0 spiro atoms. The van der Waals surface area contributed by atoms with Gasteiger partial charge in [0.05, 0.1) is 35.1 Å². The summed E-state index contributed by atoms with van der Waals surface area (Å²) in [5.74, 6) is -3.27. The number of nitrogens with one attached hydrogen (secondary N) is 1. The highest BCUT2D eigenvalue weighted by Crippen LogP contribution is 2.32. The lowest BCUT2D eigenvalue weighted by Crippen LogP contribution is -2.30. The van der Waals surface area contributed by atoms with Crippen molar-refractivity contribution in [2.75, 3.05) is 22.5 Å². The molecular weight excluding hydrogens is 436 g/mol. The number of rotatable bonds is 4. The Morgan fingerprint density at radius 3 is 2.47 bits per heavy atom. The van der Waals surface area contributed by atoms with E-state index < -0.39 is 33.7 Å². The Bertz CT molecular complexity index is 1160. The Morgan fingerprint density at radius 2 is 1.90 bits per heavy atom. The molecule has 1 saturated heterocycles. The lowest BCUT2D eigenvalue weighted by Gasteiger charge is -2.16. The number of ether oxygens (including phenoxy) is 1. The number of sulfonamides is 1. The largest absolute Gasteiger partial charge is 0.507 e. The number of carbonyl (C=O) groups is 3. The molecular formula is C19H17ClN2O7S. The van der Waals surface area contributed by atoms with Gasteiger partial charge in [-0.3, -0.25) is 9.59 Å². The predicted octanol–water partition coefficient (Wildman–Crippen LogP) is 2.40. The van der Waals surface area contributed by atoms with Crippen molar-refractivity contribution in [3.8, 4) is 5.75 Å². The molecule has 0 radical (unpaired) electrons. The van der Waals surface area contributed by atoms with Crippen molar-refractivity contribution in [1.29, 1.82) is 0 Å². The van der Waals surface area contributed by atoms with Crippen LogP contribution in [0.25, 0.3) is 0 Å². The van der Waals surface area contributed by atoms with E-state index in [1.165, 1.54) is 43.3 Å². The van der Waals surface area contributed by atoms with Crippen LogP contribution in [0.5, 0.6) is 5.75 Å². The van der Waals surface area contributed by atoms with E-state index in [1.54, 1.807) is 0 Å². The second-order valence-electron chi connectivity index (χ2n) is 6.62. The summed E-state index contributed by atoms with van der Waals surface area (Å²) in [5, 5.41) is 12.2. The van der Waals surface area contributed by atoms with Crippen molar-refractivity contribution in [2.45, 2.75) is 6.92 Å². The van der Waals surface area contributed by atoms with Gasteiger partial charge in [0.1, 0.15) is 11.3 Å². The maximum Gasteiger partial charge on any atom is 0.341 e. The van der Waals surface area contributed by atoms with Crippen molar-refractivity contribution >= 4 is 50.8 Å². The van der Waals surface area contributed by atoms with Crippen LogP contribution in [0.4, 0.5) is 11.4 Å². The van der Waals surface area contributed by atoms with E-state index in [2.05, 4.69) is 10.1 Å². The molecule has 9 nitrogen and oxygen atoms in total. The van der Waals surface area contributed by atoms with Crippen molar-refractivity contribution in [1.82, 2.24) is 0 Å². The minimum absolute atomic E-state index is 0.0187. The van der Waals surface area contributed by atoms with Crippen LogP contribution in [0.2, 0.25) is 5.02 Å². The van der Waals surface area contributed by atoms with Gasteiger partial charge < -0.3 is 15.2 Å². The molecule has 0 bridgehead atoms. The smallest absolute Gasteiger partial charge is 0.341 e. The SMILES string of the molecule is COC(=O)c1cc(NC(=O)c2ccc(N3C(=O)[C@@H](C)CS3(=O)=O)cc2Cl)ccc1O. The zero-order valence-corrected chi connectivity index (χ0v) is 17.5. The van der Waals surface area contributed by atoms with Crippen LogP contribution >= 0.6 is 11.6 Å². The molecule has 2 amide bonds. The van der Waals surface area contributed by atoms with Crippen LogP contribution in [0.15, 0.2) is 36.4 Å². The van der Waals surface area contributed by atoms with Gasteiger partial charge in [-0.15, -0.1) is 0 Å². The number of phenolic OH excluding ortho intramolecular Hbond substituents is 1. The summed E-state index contributed by atoms with van der Waals surface area (Å²) in [4.78, 5) is 36.4. The standard InChI is InChI=1S/C19H17ClN2O7S/c1-10-9-30(27,28)22(18(10)25)12-4-5-13(15(20)8-12)17(24)21-11-3-6-16(23)14(7-11)19(26)29-2/h3-8,10,23H,9H2,1-2H3,(H,21,24)/t10-/m0/s1. The highest BCUT2D eigenvalue weighted by Gasteiger charge is 2.42.